The first kappa shape index (κ1) is 20.1. The molecule has 0 saturated heterocycles. The molecule has 2 aromatic heterocycles. The highest BCUT2D eigenvalue weighted by atomic mass is 32.1. The number of aromatic nitrogens is 2. The van der Waals surface area contributed by atoms with Gasteiger partial charge in [0.1, 0.15) is 11.1 Å². The van der Waals surface area contributed by atoms with Crippen molar-refractivity contribution in [2.24, 2.45) is 5.92 Å². The van der Waals surface area contributed by atoms with E-state index in [2.05, 4.69) is 28.3 Å². The van der Waals surface area contributed by atoms with Crippen LogP contribution in [0.3, 0.4) is 0 Å². The number of hydrogen-bond acceptors (Lipinski definition) is 6. The Bertz CT molecular complexity index is 1160. The summed E-state index contributed by atoms with van der Waals surface area (Å²) in [7, 11) is 0. The maximum absolute atomic E-state index is 12.8. The monoisotopic (exact) mass is 422 g/mol. The van der Waals surface area contributed by atoms with Crippen molar-refractivity contribution in [3.05, 3.63) is 46.1 Å². The van der Waals surface area contributed by atoms with Crippen molar-refractivity contribution in [1.82, 2.24) is 9.97 Å². The summed E-state index contributed by atoms with van der Waals surface area (Å²) < 4.78 is 5.47. The number of nitriles is 1. The Balaban J connectivity index is 1.49. The average Bonchev–Trinajstić information content (AvgIpc) is 3.34. The van der Waals surface area contributed by atoms with Crippen molar-refractivity contribution >= 4 is 39.2 Å². The van der Waals surface area contributed by atoms with Crippen LogP contribution in [0.5, 0.6) is 0 Å². The highest BCUT2D eigenvalue weighted by molar-refractivity contribution is 7.16. The summed E-state index contributed by atoms with van der Waals surface area (Å²) in [6.45, 7) is 3.97. The van der Waals surface area contributed by atoms with Crippen LogP contribution in [0.25, 0.3) is 11.0 Å². The number of amides is 1. The largest absolute Gasteiger partial charge is 0.449 e. The molecule has 0 radical (unpaired) electrons. The van der Waals surface area contributed by atoms with Crippen molar-refractivity contribution in [2.45, 2.75) is 45.6 Å². The summed E-state index contributed by atoms with van der Waals surface area (Å²) in [5.41, 5.74) is 3.40. The number of nitrogens with one attached hydrogen (secondary N) is 2. The summed E-state index contributed by atoms with van der Waals surface area (Å²) in [6, 6.07) is 7.24. The summed E-state index contributed by atoms with van der Waals surface area (Å²) in [6.07, 6.45) is 3.76. The number of hydrogen-bond donors (Lipinski definition) is 2. The smallest absolute Gasteiger partial charge is 0.338 e. The van der Waals surface area contributed by atoms with Gasteiger partial charge in [-0.3, -0.25) is 4.79 Å². The molecule has 7 nitrogen and oxygen atoms in total. The molecule has 2 atom stereocenters. The van der Waals surface area contributed by atoms with E-state index in [4.69, 9.17) is 4.74 Å². The Hall–Kier alpha value is -3.18. The van der Waals surface area contributed by atoms with Crippen LogP contribution in [0.1, 0.15) is 53.1 Å². The van der Waals surface area contributed by atoms with E-state index in [9.17, 15) is 14.9 Å². The standard InChI is InChI=1S/C22H22N4O3S/c1-3-18(29-22(28)13-5-7-16-17(9-13)25-11-24-16)20(27)26-21-15(10-23)14-6-4-12(2)8-19(14)30-21/h5,7,9,11-12,18H,3-4,6,8H2,1-2H3,(H,24,25)(H,26,27). The minimum absolute atomic E-state index is 0.327. The second kappa shape index (κ2) is 8.28. The van der Waals surface area contributed by atoms with Gasteiger partial charge in [0, 0.05) is 4.88 Å². The lowest BCUT2D eigenvalue weighted by molar-refractivity contribution is -0.124. The fourth-order valence-electron chi connectivity index (χ4n) is 3.73. The third kappa shape index (κ3) is 3.81. The fourth-order valence-corrected chi connectivity index (χ4v) is 5.10. The highest BCUT2D eigenvalue weighted by Gasteiger charge is 2.27. The Morgan fingerprint density at radius 1 is 1.47 bits per heavy atom. The number of carbonyl (C=O) groups excluding carboxylic acids is 2. The summed E-state index contributed by atoms with van der Waals surface area (Å²) in [5, 5.41) is 13.0. The van der Waals surface area contributed by atoms with E-state index in [0.29, 0.717) is 28.5 Å². The molecule has 0 saturated carbocycles. The molecule has 0 aliphatic heterocycles. The van der Waals surface area contributed by atoms with Crippen molar-refractivity contribution in [3.63, 3.8) is 0 Å². The molecule has 3 aromatic rings. The topological polar surface area (TPSA) is 108 Å². The van der Waals surface area contributed by atoms with E-state index in [1.54, 1.807) is 31.5 Å². The van der Waals surface area contributed by atoms with Crippen molar-refractivity contribution < 1.29 is 14.3 Å². The van der Waals surface area contributed by atoms with E-state index in [1.807, 2.05) is 0 Å². The lowest BCUT2D eigenvalue weighted by Crippen LogP contribution is -2.32. The number of carbonyl (C=O) groups is 2. The number of aromatic amines is 1. The molecule has 8 heteroatoms. The number of fused-ring (bicyclic) bond motifs is 2. The number of ether oxygens (including phenoxy) is 1. The Kier molecular flexibility index (Phi) is 5.55. The third-order valence-corrected chi connectivity index (χ3v) is 6.60. The molecule has 1 aliphatic carbocycles. The molecule has 0 bridgehead atoms. The second-order valence-corrected chi connectivity index (χ2v) is 8.70. The number of esters is 1. The first-order chi connectivity index (χ1) is 14.5. The van der Waals surface area contributed by atoms with Crippen molar-refractivity contribution in [2.75, 3.05) is 5.32 Å². The van der Waals surface area contributed by atoms with Crippen LogP contribution in [0.2, 0.25) is 0 Å². The van der Waals surface area contributed by atoms with Crippen molar-refractivity contribution in [1.29, 1.82) is 5.26 Å². The van der Waals surface area contributed by atoms with E-state index >= 15 is 0 Å². The van der Waals surface area contributed by atoms with Gasteiger partial charge in [-0.25, -0.2) is 9.78 Å². The molecule has 30 heavy (non-hydrogen) atoms. The van der Waals surface area contributed by atoms with Crippen LogP contribution in [0.4, 0.5) is 5.00 Å². The molecule has 1 aliphatic rings. The molecule has 0 spiro atoms. The Labute approximate surface area is 178 Å². The van der Waals surface area contributed by atoms with E-state index in [1.165, 1.54) is 16.2 Å². The zero-order valence-corrected chi connectivity index (χ0v) is 17.6. The van der Waals surface area contributed by atoms with Gasteiger partial charge in [-0.1, -0.05) is 13.8 Å². The quantitative estimate of drug-likeness (QED) is 0.599. The molecule has 2 heterocycles. The number of thiophene rings is 1. The maximum Gasteiger partial charge on any atom is 0.338 e. The minimum atomic E-state index is -0.945. The first-order valence-electron chi connectivity index (χ1n) is 9.99. The van der Waals surface area contributed by atoms with E-state index in [0.717, 1.165) is 35.9 Å². The van der Waals surface area contributed by atoms with E-state index in [-0.39, 0.29) is 0 Å². The van der Waals surface area contributed by atoms with E-state index < -0.39 is 18.0 Å². The summed E-state index contributed by atoms with van der Waals surface area (Å²) in [4.78, 5) is 33.6. The van der Waals surface area contributed by atoms with Crippen molar-refractivity contribution in [3.8, 4) is 6.07 Å². The first-order valence-corrected chi connectivity index (χ1v) is 10.8. The predicted molar refractivity (Wildman–Crippen MR) is 114 cm³/mol. The SMILES string of the molecule is CCC(OC(=O)c1ccc2nc[nH]c2c1)C(=O)Nc1sc2c(c1C#N)CCC(C)C2. The minimum Gasteiger partial charge on any atom is -0.449 e. The van der Waals surface area contributed by atoms with Gasteiger partial charge in [0.2, 0.25) is 0 Å². The van der Waals surface area contributed by atoms with Crippen LogP contribution in [0.15, 0.2) is 24.5 Å². The summed E-state index contributed by atoms with van der Waals surface area (Å²) in [5.74, 6) is -0.423. The molecular weight excluding hydrogens is 400 g/mol. The van der Waals surface area contributed by atoms with Gasteiger partial charge in [-0.2, -0.15) is 5.26 Å². The van der Waals surface area contributed by atoms with Gasteiger partial charge in [-0.05, 0) is 55.4 Å². The van der Waals surface area contributed by atoms with Crippen LogP contribution in [0, 0.1) is 17.2 Å². The fraction of sp³-hybridized carbons (Fsp3) is 0.364. The van der Waals surface area contributed by atoms with Gasteiger partial charge in [0.15, 0.2) is 6.10 Å². The normalized spacial score (nSPS) is 16.5. The maximum atomic E-state index is 12.8. The Morgan fingerprint density at radius 3 is 3.07 bits per heavy atom. The number of imidazole rings is 1. The number of nitrogens with zero attached hydrogens (tertiary/aromatic N) is 2. The highest BCUT2D eigenvalue weighted by Crippen LogP contribution is 2.39. The molecule has 154 valence electrons. The van der Waals surface area contributed by atoms with Gasteiger partial charge >= 0.3 is 5.97 Å². The van der Waals surface area contributed by atoms with Gasteiger partial charge < -0.3 is 15.0 Å². The van der Waals surface area contributed by atoms with Gasteiger partial charge in [0.05, 0.1) is 28.5 Å². The van der Waals surface area contributed by atoms with Crippen LogP contribution >= 0.6 is 11.3 Å². The molecule has 2 unspecified atom stereocenters. The summed E-state index contributed by atoms with van der Waals surface area (Å²) >= 11 is 1.46. The molecule has 0 fully saturated rings. The number of H-pyrrole nitrogens is 1. The molecule has 4 rings (SSSR count). The molecule has 1 aromatic carbocycles. The lowest BCUT2D eigenvalue weighted by atomic mass is 9.88. The number of anilines is 1. The molecule has 2 N–H and O–H groups in total. The predicted octanol–water partition coefficient (Wildman–Crippen LogP) is 4.19. The number of benzene rings is 1. The van der Waals surface area contributed by atoms with Crippen LogP contribution in [-0.2, 0) is 22.4 Å². The van der Waals surface area contributed by atoms with Gasteiger partial charge in [0.25, 0.3) is 5.91 Å². The third-order valence-electron chi connectivity index (χ3n) is 5.43. The second-order valence-electron chi connectivity index (χ2n) is 7.59. The van der Waals surface area contributed by atoms with Gasteiger partial charge in [-0.15, -0.1) is 11.3 Å². The Morgan fingerprint density at radius 2 is 2.30 bits per heavy atom. The lowest BCUT2D eigenvalue weighted by Gasteiger charge is -2.17. The number of rotatable bonds is 5. The zero-order valence-electron chi connectivity index (χ0n) is 16.8. The molecule has 1 amide bonds. The zero-order chi connectivity index (χ0) is 21.3. The van der Waals surface area contributed by atoms with Crippen LogP contribution < -0.4 is 5.32 Å². The average molecular weight is 423 g/mol. The molecular formula is C22H22N4O3S. The van der Waals surface area contributed by atoms with Crippen LogP contribution in [-0.4, -0.2) is 27.9 Å².